The molecule has 2 heteroatoms. The molecule has 0 spiro atoms. The summed E-state index contributed by atoms with van der Waals surface area (Å²) in [5.41, 5.74) is 2.06. The maximum Gasteiger partial charge on any atom is 0.0773 e. The molecule has 0 heterocycles. The van der Waals surface area contributed by atoms with Gasteiger partial charge < -0.3 is 0 Å². The van der Waals surface area contributed by atoms with Crippen molar-refractivity contribution in [1.82, 2.24) is 0 Å². The Balaban J connectivity index is 2.17. The van der Waals surface area contributed by atoms with Crippen molar-refractivity contribution in [3.8, 4) is 0 Å². The lowest BCUT2D eigenvalue weighted by Crippen LogP contribution is -2.15. The quantitative estimate of drug-likeness (QED) is 0.632. The topological polar surface area (TPSA) is 12.5 Å². The number of para-hydroxylation sites is 1. The summed E-state index contributed by atoms with van der Waals surface area (Å²) < 4.78 is 0. The summed E-state index contributed by atoms with van der Waals surface area (Å²) in [6.07, 6.45) is 0. The molecule has 94 valence electrons. The normalized spacial score (nSPS) is 10.6. The van der Waals surface area contributed by atoms with Crippen LogP contribution in [-0.2, 0) is 4.84 Å². The Hall–Kier alpha value is -2.32. The summed E-state index contributed by atoms with van der Waals surface area (Å²) in [7, 11) is 1.69. The fourth-order valence-corrected chi connectivity index (χ4v) is 2.29. The number of benzene rings is 3. The van der Waals surface area contributed by atoms with Gasteiger partial charge >= 0.3 is 0 Å². The van der Waals surface area contributed by atoms with Crippen LogP contribution in [0.5, 0.6) is 0 Å². The zero-order valence-electron chi connectivity index (χ0n) is 10.8. The Labute approximate surface area is 112 Å². The largest absolute Gasteiger partial charge is 0.272 e. The van der Waals surface area contributed by atoms with E-state index in [-0.39, 0.29) is 0 Å². The summed E-state index contributed by atoms with van der Waals surface area (Å²) in [6, 6.07) is 24.6. The van der Waals surface area contributed by atoms with E-state index in [0.717, 1.165) is 11.4 Å². The molecule has 0 aliphatic heterocycles. The third-order valence-corrected chi connectivity index (χ3v) is 3.16. The Bertz CT molecular complexity index is 674. The van der Waals surface area contributed by atoms with Crippen LogP contribution in [0.1, 0.15) is 0 Å². The summed E-state index contributed by atoms with van der Waals surface area (Å²) >= 11 is 0. The minimum absolute atomic E-state index is 1.02. The zero-order chi connectivity index (χ0) is 13.1. The minimum Gasteiger partial charge on any atom is -0.272 e. The molecule has 0 aliphatic carbocycles. The first-order valence-electron chi connectivity index (χ1n) is 6.27. The Morgan fingerprint density at radius 3 is 2.21 bits per heavy atom. The minimum atomic E-state index is 1.02. The molecule has 0 N–H and O–H groups in total. The summed E-state index contributed by atoms with van der Waals surface area (Å²) in [6.45, 7) is 0. The lowest BCUT2D eigenvalue weighted by molar-refractivity contribution is 0.202. The molecule has 0 saturated heterocycles. The molecular weight excluding hydrogens is 234 g/mol. The van der Waals surface area contributed by atoms with Gasteiger partial charge in [0.15, 0.2) is 0 Å². The van der Waals surface area contributed by atoms with Crippen molar-refractivity contribution in [3.63, 3.8) is 0 Å². The summed E-state index contributed by atoms with van der Waals surface area (Å²) in [5.74, 6) is 0. The van der Waals surface area contributed by atoms with Crippen LogP contribution in [0.15, 0.2) is 72.8 Å². The van der Waals surface area contributed by atoms with Crippen LogP contribution >= 0.6 is 0 Å². The second-order valence-electron chi connectivity index (χ2n) is 4.31. The number of hydrogen-bond donors (Lipinski definition) is 0. The third-order valence-electron chi connectivity index (χ3n) is 3.16. The smallest absolute Gasteiger partial charge is 0.0773 e. The monoisotopic (exact) mass is 249 g/mol. The fourth-order valence-electron chi connectivity index (χ4n) is 2.29. The predicted octanol–water partition coefficient (Wildman–Crippen LogP) is 4.54. The molecule has 3 aromatic rings. The van der Waals surface area contributed by atoms with Gasteiger partial charge in [-0.05, 0) is 23.6 Å². The van der Waals surface area contributed by atoms with Crippen molar-refractivity contribution in [3.05, 3.63) is 72.8 Å². The third kappa shape index (κ3) is 2.18. The van der Waals surface area contributed by atoms with Gasteiger partial charge in [0.25, 0.3) is 0 Å². The van der Waals surface area contributed by atoms with Crippen LogP contribution < -0.4 is 5.06 Å². The highest BCUT2D eigenvalue weighted by atomic mass is 16.7. The van der Waals surface area contributed by atoms with Crippen molar-refractivity contribution in [2.24, 2.45) is 0 Å². The standard InChI is InChI=1S/C17H15NO/c1-19-18(15-10-3-2-4-11-15)17-13-7-9-14-8-5-6-12-16(14)17/h2-13H,1H3. The van der Waals surface area contributed by atoms with E-state index in [0.29, 0.717) is 0 Å². The van der Waals surface area contributed by atoms with E-state index in [1.165, 1.54) is 10.8 Å². The molecule has 0 radical (unpaired) electrons. The van der Waals surface area contributed by atoms with Gasteiger partial charge in [-0.1, -0.05) is 54.6 Å². The average molecular weight is 249 g/mol. The number of rotatable bonds is 3. The molecule has 0 atom stereocenters. The van der Waals surface area contributed by atoms with Gasteiger partial charge in [0.2, 0.25) is 0 Å². The van der Waals surface area contributed by atoms with Crippen molar-refractivity contribution < 1.29 is 4.84 Å². The second-order valence-corrected chi connectivity index (χ2v) is 4.31. The maximum absolute atomic E-state index is 5.56. The lowest BCUT2D eigenvalue weighted by Gasteiger charge is -2.23. The molecule has 19 heavy (non-hydrogen) atoms. The highest BCUT2D eigenvalue weighted by Gasteiger charge is 2.11. The van der Waals surface area contributed by atoms with E-state index in [4.69, 9.17) is 4.84 Å². The molecule has 0 aliphatic rings. The van der Waals surface area contributed by atoms with E-state index >= 15 is 0 Å². The van der Waals surface area contributed by atoms with Crippen molar-refractivity contribution in [2.45, 2.75) is 0 Å². The maximum atomic E-state index is 5.56. The Morgan fingerprint density at radius 2 is 1.42 bits per heavy atom. The number of anilines is 2. The van der Waals surface area contributed by atoms with Crippen LogP contribution in [0.2, 0.25) is 0 Å². The molecule has 0 saturated carbocycles. The van der Waals surface area contributed by atoms with Gasteiger partial charge in [0, 0.05) is 5.39 Å². The molecule has 0 amide bonds. The van der Waals surface area contributed by atoms with E-state index in [1.807, 2.05) is 53.6 Å². The number of fused-ring (bicyclic) bond motifs is 1. The van der Waals surface area contributed by atoms with Gasteiger partial charge in [0.05, 0.1) is 18.5 Å². The first-order chi connectivity index (χ1) is 9.40. The summed E-state index contributed by atoms with van der Waals surface area (Å²) in [5, 5.41) is 4.23. The van der Waals surface area contributed by atoms with E-state index in [9.17, 15) is 0 Å². The van der Waals surface area contributed by atoms with E-state index < -0.39 is 0 Å². The van der Waals surface area contributed by atoms with Crippen molar-refractivity contribution in [1.29, 1.82) is 0 Å². The van der Waals surface area contributed by atoms with Gasteiger partial charge in [-0.3, -0.25) is 4.84 Å². The Kier molecular flexibility index (Phi) is 3.17. The van der Waals surface area contributed by atoms with Gasteiger partial charge in [-0.15, -0.1) is 0 Å². The molecule has 3 aromatic carbocycles. The molecule has 0 fully saturated rings. The van der Waals surface area contributed by atoms with Gasteiger partial charge in [-0.25, -0.2) is 5.06 Å². The van der Waals surface area contributed by atoms with Crippen LogP contribution in [0.4, 0.5) is 11.4 Å². The highest BCUT2D eigenvalue weighted by molar-refractivity contribution is 5.95. The van der Waals surface area contributed by atoms with Crippen molar-refractivity contribution >= 4 is 22.1 Å². The number of hydrogen-bond acceptors (Lipinski definition) is 2. The highest BCUT2D eigenvalue weighted by Crippen LogP contribution is 2.31. The van der Waals surface area contributed by atoms with Crippen LogP contribution in [0.25, 0.3) is 10.8 Å². The molecule has 0 unspecified atom stereocenters. The molecular formula is C17H15NO. The second kappa shape index (κ2) is 5.12. The SMILES string of the molecule is CON(c1ccccc1)c1cccc2ccccc12. The van der Waals surface area contributed by atoms with Crippen molar-refractivity contribution in [2.75, 3.05) is 12.2 Å². The molecule has 0 bridgehead atoms. The van der Waals surface area contributed by atoms with E-state index in [2.05, 4.69) is 24.3 Å². The average Bonchev–Trinajstić information content (AvgIpc) is 2.49. The Morgan fingerprint density at radius 1 is 0.737 bits per heavy atom. The first-order valence-corrected chi connectivity index (χ1v) is 6.27. The van der Waals surface area contributed by atoms with Gasteiger partial charge in [-0.2, -0.15) is 0 Å². The zero-order valence-corrected chi connectivity index (χ0v) is 10.8. The number of nitrogens with zero attached hydrogens (tertiary/aromatic N) is 1. The molecule has 3 rings (SSSR count). The van der Waals surface area contributed by atoms with Crippen LogP contribution in [0.3, 0.4) is 0 Å². The predicted molar refractivity (Wildman–Crippen MR) is 79.5 cm³/mol. The fraction of sp³-hybridized carbons (Fsp3) is 0.0588. The molecule has 0 aromatic heterocycles. The molecule has 2 nitrogen and oxygen atoms in total. The van der Waals surface area contributed by atoms with Crippen LogP contribution in [-0.4, -0.2) is 7.11 Å². The lowest BCUT2D eigenvalue weighted by atomic mass is 10.1. The van der Waals surface area contributed by atoms with Crippen LogP contribution in [0, 0.1) is 0 Å². The first kappa shape index (κ1) is 11.8. The van der Waals surface area contributed by atoms with E-state index in [1.54, 1.807) is 7.11 Å². The summed E-state index contributed by atoms with van der Waals surface area (Å²) in [4.78, 5) is 5.56. The van der Waals surface area contributed by atoms with Gasteiger partial charge in [0.1, 0.15) is 0 Å².